The zero-order valence-corrected chi connectivity index (χ0v) is 13.0. The van der Waals surface area contributed by atoms with Crippen LogP contribution in [-0.4, -0.2) is 22.2 Å². The molecule has 1 N–H and O–H groups in total. The first-order valence-electron chi connectivity index (χ1n) is 7.56. The Kier molecular flexibility index (Phi) is 5.47. The van der Waals surface area contributed by atoms with E-state index < -0.39 is 6.04 Å². The highest BCUT2D eigenvalue weighted by Crippen LogP contribution is 2.15. The molecule has 0 saturated carbocycles. The molecule has 5 nitrogen and oxygen atoms in total. The van der Waals surface area contributed by atoms with E-state index >= 15 is 0 Å². The number of carbonyl (C=O) groups excluding carboxylic acids is 1. The number of unbranched alkanes of at least 4 members (excludes halogenated alkanes) is 1. The molecule has 1 unspecified atom stereocenters. The van der Waals surface area contributed by atoms with Crippen LogP contribution in [0.5, 0.6) is 0 Å². The number of nitrogens with one attached hydrogen (secondary N) is 1. The summed E-state index contributed by atoms with van der Waals surface area (Å²) in [5.41, 5.74) is 1.31. The van der Waals surface area contributed by atoms with Crippen LogP contribution in [0.25, 0.3) is 11.3 Å². The Morgan fingerprint density at radius 1 is 1.23 bits per heavy atom. The molecule has 22 heavy (non-hydrogen) atoms. The molecule has 1 amide bonds. The van der Waals surface area contributed by atoms with Crippen molar-refractivity contribution >= 4 is 5.91 Å². The van der Waals surface area contributed by atoms with Gasteiger partial charge in [0.25, 0.3) is 5.56 Å². The van der Waals surface area contributed by atoms with Crippen molar-refractivity contribution < 1.29 is 4.79 Å². The van der Waals surface area contributed by atoms with E-state index in [2.05, 4.69) is 17.3 Å². The average molecular weight is 299 g/mol. The van der Waals surface area contributed by atoms with Crippen molar-refractivity contribution in [2.24, 2.45) is 0 Å². The summed E-state index contributed by atoms with van der Waals surface area (Å²) in [7, 11) is 0. The standard InChI is InChI=1S/C17H21N3O2/c1-3-4-12-18-17(22)13(2)20-16(21)11-10-15(19-20)14-8-6-5-7-9-14/h5-11,13H,3-4,12H2,1-2H3,(H,18,22). The third-order valence-electron chi connectivity index (χ3n) is 3.47. The van der Waals surface area contributed by atoms with Crippen molar-refractivity contribution in [1.82, 2.24) is 15.1 Å². The number of hydrogen-bond donors (Lipinski definition) is 1. The Bertz CT molecular complexity index is 680. The van der Waals surface area contributed by atoms with Crippen molar-refractivity contribution in [1.29, 1.82) is 0 Å². The lowest BCUT2D eigenvalue weighted by atomic mass is 10.1. The van der Waals surface area contributed by atoms with E-state index in [1.165, 1.54) is 10.7 Å². The second kappa shape index (κ2) is 7.54. The number of carbonyl (C=O) groups is 1. The van der Waals surface area contributed by atoms with Gasteiger partial charge in [0.2, 0.25) is 5.91 Å². The minimum absolute atomic E-state index is 0.187. The fourth-order valence-corrected chi connectivity index (χ4v) is 2.11. The summed E-state index contributed by atoms with van der Waals surface area (Å²) in [6, 6.07) is 12.1. The molecule has 0 aliphatic carbocycles. The maximum Gasteiger partial charge on any atom is 0.267 e. The van der Waals surface area contributed by atoms with E-state index in [1.807, 2.05) is 30.3 Å². The lowest BCUT2D eigenvalue weighted by Gasteiger charge is -2.14. The van der Waals surface area contributed by atoms with Gasteiger partial charge < -0.3 is 5.32 Å². The first-order valence-corrected chi connectivity index (χ1v) is 7.56. The van der Waals surface area contributed by atoms with Gasteiger partial charge in [0.15, 0.2) is 0 Å². The lowest BCUT2D eigenvalue weighted by molar-refractivity contribution is -0.124. The van der Waals surface area contributed by atoms with Crippen LogP contribution in [0.1, 0.15) is 32.7 Å². The number of nitrogens with zero attached hydrogens (tertiary/aromatic N) is 2. The van der Waals surface area contributed by atoms with Crippen LogP contribution in [0.2, 0.25) is 0 Å². The second-order valence-corrected chi connectivity index (χ2v) is 5.19. The molecule has 0 fully saturated rings. The molecule has 2 rings (SSSR count). The smallest absolute Gasteiger partial charge is 0.267 e. The van der Waals surface area contributed by atoms with Gasteiger partial charge in [-0.05, 0) is 19.4 Å². The van der Waals surface area contributed by atoms with Gasteiger partial charge in [-0.2, -0.15) is 5.10 Å². The summed E-state index contributed by atoms with van der Waals surface area (Å²) in [5, 5.41) is 7.16. The van der Waals surface area contributed by atoms with Crippen LogP contribution in [-0.2, 0) is 4.79 Å². The van der Waals surface area contributed by atoms with Crippen LogP contribution >= 0.6 is 0 Å². The fourth-order valence-electron chi connectivity index (χ4n) is 2.11. The molecule has 1 aromatic carbocycles. The maximum atomic E-state index is 12.1. The topological polar surface area (TPSA) is 64.0 Å². The third-order valence-corrected chi connectivity index (χ3v) is 3.47. The number of amides is 1. The molecular weight excluding hydrogens is 278 g/mol. The van der Waals surface area contributed by atoms with Crippen molar-refractivity contribution in [3.8, 4) is 11.3 Å². The Balaban J connectivity index is 2.23. The van der Waals surface area contributed by atoms with Crippen LogP contribution in [0.3, 0.4) is 0 Å². The molecular formula is C17H21N3O2. The molecule has 0 aliphatic heterocycles. The van der Waals surface area contributed by atoms with E-state index in [4.69, 9.17) is 0 Å². The molecule has 5 heteroatoms. The molecule has 116 valence electrons. The van der Waals surface area contributed by atoms with Crippen LogP contribution in [0, 0.1) is 0 Å². The summed E-state index contributed by atoms with van der Waals surface area (Å²) in [6.45, 7) is 4.36. The van der Waals surface area contributed by atoms with E-state index in [1.54, 1.807) is 13.0 Å². The summed E-state index contributed by atoms with van der Waals surface area (Å²) < 4.78 is 1.24. The lowest BCUT2D eigenvalue weighted by Crippen LogP contribution is -2.37. The van der Waals surface area contributed by atoms with Gasteiger partial charge in [0, 0.05) is 18.2 Å². The number of benzene rings is 1. The largest absolute Gasteiger partial charge is 0.354 e. The molecule has 2 aromatic rings. The second-order valence-electron chi connectivity index (χ2n) is 5.19. The summed E-state index contributed by atoms with van der Waals surface area (Å²) in [6.07, 6.45) is 1.93. The fraction of sp³-hybridized carbons (Fsp3) is 0.353. The molecule has 1 atom stereocenters. The molecule has 1 heterocycles. The normalized spacial score (nSPS) is 11.9. The molecule has 0 saturated heterocycles. The first-order chi connectivity index (χ1) is 10.6. The summed E-state index contributed by atoms with van der Waals surface area (Å²) >= 11 is 0. The average Bonchev–Trinajstić information content (AvgIpc) is 2.55. The van der Waals surface area contributed by atoms with Gasteiger partial charge >= 0.3 is 0 Å². The van der Waals surface area contributed by atoms with Gasteiger partial charge in [-0.15, -0.1) is 0 Å². The highest BCUT2D eigenvalue weighted by Gasteiger charge is 2.17. The van der Waals surface area contributed by atoms with Gasteiger partial charge in [-0.1, -0.05) is 43.7 Å². The minimum atomic E-state index is -0.631. The zero-order chi connectivity index (χ0) is 15.9. The van der Waals surface area contributed by atoms with E-state index in [0.717, 1.165) is 18.4 Å². The Labute approximate surface area is 130 Å². The molecule has 0 bridgehead atoms. The molecule has 1 aromatic heterocycles. The summed E-state index contributed by atoms with van der Waals surface area (Å²) in [4.78, 5) is 24.1. The Morgan fingerprint density at radius 2 is 1.95 bits per heavy atom. The Morgan fingerprint density at radius 3 is 2.64 bits per heavy atom. The van der Waals surface area contributed by atoms with Crippen molar-refractivity contribution in [3.05, 3.63) is 52.8 Å². The summed E-state index contributed by atoms with van der Waals surface area (Å²) in [5.74, 6) is -0.187. The molecule has 0 radical (unpaired) electrons. The van der Waals surface area contributed by atoms with E-state index in [0.29, 0.717) is 12.2 Å². The van der Waals surface area contributed by atoms with E-state index in [-0.39, 0.29) is 11.5 Å². The SMILES string of the molecule is CCCCNC(=O)C(C)n1nc(-c2ccccc2)ccc1=O. The molecule has 0 aliphatic rings. The Hall–Kier alpha value is -2.43. The highest BCUT2D eigenvalue weighted by atomic mass is 16.2. The minimum Gasteiger partial charge on any atom is -0.354 e. The predicted octanol–water partition coefficient (Wildman–Crippen LogP) is 2.39. The predicted molar refractivity (Wildman–Crippen MR) is 86.6 cm³/mol. The van der Waals surface area contributed by atoms with Crippen molar-refractivity contribution in [2.75, 3.05) is 6.54 Å². The number of rotatable bonds is 6. The van der Waals surface area contributed by atoms with Crippen LogP contribution in [0.15, 0.2) is 47.3 Å². The first kappa shape index (κ1) is 15.9. The zero-order valence-electron chi connectivity index (χ0n) is 13.0. The van der Waals surface area contributed by atoms with Gasteiger partial charge in [-0.25, -0.2) is 4.68 Å². The quantitative estimate of drug-likeness (QED) is 0.833. The number of aromatic nitrogens is 2. The third kappa shape index (κ3) is 3.81. The van der Waals surface area contributed by atoms with Gasteiger partial charge in [0.1, 0.15) is 6.04 Å². The van der Waals surface area contributed by atoms with Crippen molar-refractivity contribution in [3.63, 3.8) is 0 Å². The van der Waals surface area contributed by atoms with Crippen molar-refractivity contribution in [2.45, 2.75) is 32.7 Å². The van der Waals surface area contributed by atoms with Crippen LogP contribution in [0.4, 0.5) is 0 Å². The van der Waals surface area contributed by atoms with Gasteiger partial charge in [0.05, 0.1) is 5.69 Å². The highest BCUT2D eigenvalue weighted by molar-refractivity contribution is 5.79. The van der Waals surface area contributed by atoms with Gasteiger partial charge in [-0.3, -0.25) is 9.59 Å². The maximum absolute atomic E-state index is 12.1. The molecule has 0 spiro atoms. The monoisotopic (exact) mass is 299 g/mol. The van der Waals surface area contributed by atoms with Crippen LogP contribution < -0.4 is 10.9 Å². The van der Waals surface area contributed by atoms with E-state index in [9.17, 15) is 9.59 Å². The number of hydrogen-bond acceptors (Lipinski definition) is 3.